The number of hydrogen-bond acceptors (Lipinski definition) is 12. The highest BCUT2D eigenvalue weighted by molar-refractivity contribution is 5.37. The fourth-order valence-corrected chi connectivity index (χ4v) is 7.41. The maximum absolute atomic E-state index is 13.9. The van der Waals surface area contributed by atoms with E-state index in [2.05, 4.69) is 22.2 Å². The Balaban J connectivity index is 1.05. The molecule has 2 saturated heterocycles. The Morgan fingerprint density at radius 2 is 1.23 bits per heavy atom. The molecular weight excluding hydrogens is 787 g/mol. The van der Waals surface area contributed by atoms with Gasteiger partial charge in [-0.2, -0.15) is 0 Å². The van der Waals surface area contributed by atoms with Gasteiger partial charge in [0.1, 0.15) is 41.1 Å². The fraction of sp³-hybridized carbons (Fsp3) is 0.318. The maximum Gasteiger partial charge on any atom is 0.333 e. The van der Waals surface area contributed by atoms with Crippen molar-refractivity contribution in [1.82, 2.24) is 33.3 Å². The van der Waals surface area contributed by atoms with Gasteiger partial charge in [0, 0.05) is 18.5 Å². The van der Waals surface area contributed by atoms with E-state index in [4.69, 9.17) is 28.4 Å². The third kappa shape index (κ3) is 8.68. The van der Waals surface area contributed by atoms with Gasteiger partial charge < -0.3 is 28.4 Å². The van der Waals surface area contributed by atoms with Crippen LogP contribution in [0.3, 0.4) is 0 Å². The highest BCUT2D eigenvalue weighted by Crippen LogP contribution is 2.43. The van der Waals surface area contributed by atoms with Crippen molar-refractivity contribution in [3.63, 3.8) is 0 Å². The second-order valence-electron chi connectivity index (χ2n) is 15.0. The summed E-state index contributed by atoms with van der Waals surface area (Å²) < 4.78 is 41.4. The van der Waals surface area contributed by atoms with Crippen molar-refractivity contribution in [1.29, 1.82) is 0 Å². The fourth-order valence-electron chi connectivity index (χ4n) is 7.41. The summed E-state index contributed by atoms with van der Waals surface area (Å²) in [5.74, 6) is 6.84. The van der Waals surface area contributed by atoms with Crippen molar-refractivity contribution >= 4 is 0 Å². The monoisotopic (exact) mass is 829 g/mol. The summed E-state index contributed by atoms with van der Waals surface area (Å²) in [7, 11) is 4.70. The topological polar surface area (TPSA) is 174 Å². The first-order valence-corrected chi connectivity index (χ1v) is 19.4. The van der Waals surface area contributed by atoms with Crippen molar-refractivity contribution in [2.24, 2.45) is 0 Å². The van der Waals surface area contributed by atoms with E-state index in [-0.39, 0.29) is 37.4 Å². The highest BCUT2D eigenvalue weighted by atomic mass is 16.8. The molecule has 0 aliphatic carbocycles. The van der Waals surface area contributed by atoms with Crippen molar-refractivity contribution in [3.05, 3.63) is 167 Å². The summed E-state index contributed by atoms with van der Waals surface area (Å²) >= 11 is 0. The van der Waals surface area contributed by atoms with Crippen LogP contribution in [0, 0.1) is 11.8 Å². The predicted molar refractivity (Wildman–Crippen MR) is 220 cm³/mol. The molecule has 0 N–H and O–H groups in total. The zero-order chi connectivity index (χ0) is 42.8. The van der Waals surface area contributed by atoms with E-state index in [9.17, 15) is 19.2 Å². The average molecular weight is 830 g/mol. The lowest BCUT2D eigenvalue weighted by Gasteiger charge is -2.25. The molecule has 17 heteroatoms. The number of fused-ring (bicyclic) bond motifs is 1. The van der Waals surface area contributed by atoms with Gasteiger partial charge in [0.15, 0.2) is 17.7 Å². The van der Waals surface area contributed by atoms with E-state index in [1.807, 2.05) is 12.1 Å². The van der Waals surface area contributed by atoms with Crippen LogP contribution in [0.15, 0.2) is 117 Å². The van der Waals surface area contributed by atoms with Gasteiger partial charge in [-0.25, -0.2) is 14.3 Å². The zero-order valence-corrected chi connectivity index (χ0v) is 34.1. The number of methoxy groups -OCH3 is 3. The molecular formula is C44H43N7O10. The number of benzene rings is 3. The Kier molecular flexibility index (Phi) is 11.3. The maximum atomic E-state index is 13.9. The van der Waals surface area contributed by atoms with Gasteiger partial charge in [0.05, 0.1) is 53.7 Å². The summed E-state index contributed by atoms with van der Waals surface area (Å²) in [6.45, 7) is 3.94. The van der Waals surface area contributed by atoms with Crippen LogP contribution in [0.5, 0.6) is 17.2 Å². The van der Waals surface area contributed by atoms with E-state index in [1.165, 1.54) is 32.3 Å². The minimum Gasteiger partial charge on any atom is -0.497 e. The van der Waals surface area contributed by atoms with Gasteiger partial charge in [-0.1, -0.05) is 47.5 Å². The lowest BCUT2D eigenvalue weighted by molar-refractivity contribution is -0.198. The molecule has 0 spiro atoms. The molecule has 6 aromatic rings. The van der Waals surface area contributed by atoms with E-state index < -0.39 is 52.8 Å². The van der Waals surface area contributed by atoms with Gasteiger partial charge >= 0.3 is 11.4 Å². The Hall–Kier alpha value is -7.00. The molecule has 4 atom stereocenters. The molecule has 5 heterocycles. The molecule has 0 amide bonds. The van der Waals surface area contributed by atoms with Gasteiger partial charge in [-0.05, 0) is 72.9 Å². The van der Waals surface area contributed by atoms with Gasteiger partial charge in [0.25, 0.3) is 11.1 Å². The highest BCUT2D eigenvalue weighted by Gasteiger charge is 2.56. The van der Waals surface area contributed by atoms with Crippen molar-refractivity contribution < 1.29 is 28.4 Å². The van der Waals surface area contributed by atoms with Crippen molar-refractivity contribution in [3.8, 4) is 29.1 Å². The van der Waals surface area contributed by atoms with Crippen LogP contribution in [0.25, 0.3) is 0 Å². The molecule has 0 unspecified atom stereocenters. The normalized spacial score (nSPS) is 18.9. The molecule has 2 fully saturated rings. The minimum atomic E-state index is -0.986. The number of nitrogens with zero attached hydrogens (tertiary/aromatic N) is 7. The molecule has 314 valence electrons. The quantitative estimate of drug-likeness (QED) is 0.165. The van der Waals surface area contributed by atoms with Crippen LogP contribution in [0.1, 0.15) is 48.0 Å². The lowest BCUT2D eigenvalue weighted by atomic mass is 10.1. The van der Waals surface area contributed by atoms with Crippen molar-refractivity contribution in [2.75, 3.05) is 21.3 Å². The Morgan fingerprint density at radius 3 is 1.82 bits per heavy atom. The third-order valence-corrected chi connectivity index (χ3v) is 10.5. The smallest absolute Gasteiger partial charge is 0.333 e. The van der Waals surface area contributed by atoms with E-state index >= 15 is 0 Å². The summed E-state index contributed by atoms with van der Waals surface area (Å²) in [5, 5.41) is 8.48. The minimum absolute atomic E-state index is 0.0128. The van der Waals surface area contributed by atoms with E-state index in [0.29, 0.717) is 17.2 Å². The average Bonchev–Trinajstić information content (AvgIpc) is 3.95. The first-order chi connectivity index (χ1) is 29.4. The molecule has 0 saturated carbocycles. The van der Waals surface area contributed by atoms with Gasteiger partial charge in [-0.3, -0.25) is 27.9 Å². The van der Waals surface area contributed by atoms with Gasteiger partial charge in [-0.15, -0.1) is 5.10 Å². The number of ether oxygens (including phenoxy) is 6. The molecule has 3 aromatic heterocycles. The molecule has 3 aromatic carbocycles. The van der Waals surface area contributed by atoms with E-state index in [1.54, 1.807) is 102 Å². The number of hydrogen-bond donors (Lipinski definition) is 0. The van der Waals surface area contributed by atoms with E-state index in [0.717, 1.165) is 25.8 Å². The summed E-state index contributed by atoms with van der Waals surface area (Å²) in [6.07, 6.45) is 1.57. The molecule has 61 heavy (non-hydrogen) atoms. The van der Waals surface area contributed by atoms with Gasteiger partial charge in [0.2, 0.25) is 0 Å². The van der Waals surface area contributed by atoms with Crippen LogP contribution >= 0.6 is 0 Å². The second-order valence-corrected chi connectivity index (χ2v) is 15.0. The lowest BCUT2D eigenvalue weighted by Crippen LogP contribution is -2.43. The third-order valence-electron chi connectivity index (χ3n) is 10.5. The second kappa shape index (κ2) is 16.9. The first-order valence-electron chi connectivity index (χ1n) is 19.4. The van der Waals surface area contributed by atoms with Crippen molar-refractivity contribution in [2.45, 2.75) is 70.4 Å². The Labute approximate surface area is 348 Å². The Bertz CT molecular complexity index is 2850. The molecule has 8 rings (SSSR count). The molecule has 2 aliphatic rings. The van der Waals surface area contributed by atoms with Crippen LogP contribution in [-0.2, 0) is 40.4 Å². The van der Waals surface area contributed by atoms with Crippen LogP contribution in [0.2, 0.25) is 0 Å². The standard InChI is InChI=1S/C44H43N7O10/c1-44(2)60-38-36(59-41(39(38)61-44)49-21-20-37(52)50(43(49)55)23-29-8-16-34(57-4)17-9-29)27-48-26-32(45-46-48)13-12-31-25-47(22-28-6-14-33(56-3)15-7-28)42(54)51(40(31)53)24-30-10-18-35(58-5)19-11-30/h6-11,14-21,25-26,36,38-39,41H,22-24,27H2,1-5H3/t36-,38-,39-,41-/m1/s1. The van der Waals surface area contributed by atoms with Crippen LogP contribution < -0.4 is 36.7 Å². The largest absolute Gasteiger partial charge is 0.497 e. The summed E-state index contributed by atoms with van der Waals surface area (Å²) in [6, 6.07) is 22.8. The predicted octanol–water partition coefficient (Wildman–Crippen LogP) is 2.61. The zero-order valence-electron chi connectivity index (χ0n) is 34.1. The molecule has 0 bridgehead atoms. The Morgan fingerprint density at radius 1 is 0.672 bits per heavy atom. The molecule has 2 aliphatic heterocycles. The SMILES string of the molecule is COc1ccc(Cn2cc(C#Cc3cn(C[C@H]4O[C@@H](n5ccc(=O)n(Cc6ccc(OC)cc6)c5=O)[C@@H]5OC(C)(C)O[C@@H]54)nn3)c(=O)n(Cc3ccc(OC)cc3)c2=O)cc1. The first kappa shape index (κ1) is 40.8. The summed E-state index contributed by atoms with van der Waals surface area (Å²) in [4.78, 5) is 54.4. The van der Waals surface area contributed by atoms with Crippen LogP contribution in [0.4, 0.5) is 0 Å². The summed E-state index contributed by atoms with van der Waals surface area (Å²) in [5.41, 5.74) is 0.524. The van der Waals surface area contributed by atoms with Crippen LogP contribution in [-0.4, -0.2) is 78.7 Å². The number of aromatic nitrogens is 7. The number of rotatable bonds is 12. The molecule has 17 nitrogen and oxygen atoms in total. The molecule has 0 radical (unpaired) electrons.